The molecule has 1 N–H and O–H groups in total. The van der Waals surface area contributed by atoms with Crippen LogP contribution in [0.25, 0.3) is 0 Å². The van der Waals surface area contributed by atoms with E-state index in [2.05, 4.69) is 10.3 Å². The number of rotatable bonds is 3. The maximum absolute atomic E-state index is 12.9. The lowest BCUT2D eigenvalue weighted by Gasteiger charge is -2.34. The van der Waals surface area contributed by atoms with Crippen LogP contribution in [0.2, 0.25) is 0 Å². The van der Waals surface area contributed by atoms with Crippen LogP contribution in [-0.2, 0) is 10.0 Å². The van der Waals surface area contributed by atoms with Crippen molar-refractivity contribution in [3.63, 3.8) is 0 Å². The summed E-state index contributed by atoms with van der Waals surface area (Å²) in [5.41, 5.74) is 0. The van der Waals surface area contributed by atoms with Crippen LogP contribution in [0, 0.1) is 5.82 Å². The van der Waals surface area contributed by atoms with Crippen LogP contribution in [-0.4, -0.2) is 43.9 Å². The third-order valence-corrected chi connectivity index (χ3v) is 4.51. The molecule has 1 saturated heterocycles. The number of nitrogens with zero attached hydrogens (tertiary/aromatic N) is 2. The van der Waals surface area contributed by atoms with Gasteiger partial charge in [0.05, 0.1) is 6.20 Å². The molecular weight excluding hydrogens is 269 g/mol. The average Bonchev–Trinajstić information content (AvgIpc) is 2.15. The third-order valence-electron chi connectivity index (χ3n) is 2.63. The number of hydrogen-bond acceptors (Lipinski definition) is 4. The zero-order valence-corrected chi connectivity index (χ0v) is 10.8. The average molecular weight is 282 g/mol. The van der Waals surface area contributed by atoms with Gasteiger partial charge in [0, 0.05) is 32.4 Å². The van der Waals surface area contributed by atoms with Crippen LogP contribution in [0.1, 0.15) is 0 Å². The predicted molar refractivity (Wildman–Crippen MR) is 63.0 cm³/mol. The highest BCUT2D eigenvalue weighted by Crippen LogP contribution is 2.17. The highest BCUT2D eigenvalue weighted by atomic mass is 35.5. The number of halogens is 2. The minimum Gasteiger partial charge on any atom is -0.313 e. The number of nitrogens with one attached hydrogen (secondary N) is 1. The van der Waals surface area contributed by atoms with E-state index < -0.39 is 15.8 Å². The van der Waals surface area contributed by atoms with Gasteiger partial charge in [0.2, 0.25) is 10.0 Å². The van der Waals surface area contributed by atoms with Crippen molar-refractivity contribution in [3.8, 4) is 0 Å². The molecule has 0 aliphatic carbocycles. The van der Waals surface area contributed by atoms with Crippen LogP contribution < -0.4 is 5.32 Å². The summed E-state index contributed by atoms with van der Waals surface area (Å²) in [6.45, 7) is 1.25. The molecule has 0 spiro atoms. The number of sulfonamides is 1. The molecule has 0 unspecified atom stereocenters. The van der Waals surface area contributed by atoms with Crippen molar-refractivity contribution in [2.75, 3.05) is 20.1 Å². The highest BCUT2D eigenvalue weighted by Gasteiger charge is 2.31. The molecule has 0 saturated carbocycles. The fourth-order valence-electron chi connectivity index (χ4n) is 1.43. The second-order valence-corrected chi connectivity index (χ2v) is 5.67. The largest absolute Gasteiger partial charge is 0.313 e. The van der Waals surface area contributed by atoms with Crippen molar-refractivity contribution in [2.24, 2.45) is 0 Å². The van der Waals surface area contributed by atoms with Gasteiger partial charge in [-0.2, -0.15) is 4.31 Å². The smallest absolute Gasteiger partial charge is 0.244 e. The lowest BCUT2D eigenvalue weighted by molar-refractivity contribution is 0.274. The molecule has 1 aliphatic rings. The zero-order chi connectivity index (χ0) is 11.8. The molecule has 0 amide bonds. The monoisotopic (exact) mass is 281 g/mol. The standard InChI is InChI=1S/C9H12FN3O2S.ClH/c1-13(8-4-12-5-8)16(14,15)9-2-7(10)3-11-6-9;/h2-3,6,8,12H,4-5H2,1H3;1H. The lowest BCUT2D eigenvalue weighted by Crippen LogP contribution is -2.57. The molecule has 8 heteroatoms. The first-order valence-electron chi connectivity index (χ1n) is 4.81. The van der Waals surface area contributed by atoms with Crippen molar-refractivity contribution in [2.45, 2.75) is 10.9 Å². The van der Waals surface area contributed by atoms with Gasteiger partial charge in [0.15, 0.2) is 0 Å². The molecule has 0 atom stereocenters. The van der Waals surface area contributed by atoms with E-state index in [4.69, 9.17) is 0 Å². The van der Waals surface area contributed by atoms with Gasteiger partial charge in [-0.1, -0.05) is 0 Å². The molecule has 1 aromatic heterocycles. The molecule has 96 valence electrons. The van der Waals surface area contributed by atoms with Gasteiger partial charge in [0.25, 0.3) is 0 Å². The lowest BCUT2D eigenvalue weighted by atomic mass is 10.2. The number of hydrogen-bond donors (Lipinski definition) is 1. The van der Waals surface area contributed by atoms with Gasteiger partial charge in [0.1, 0.15) is 10.7 Å². The van der Waals surface area contributed by atoms with Crippen molar-refractivity contribution >= 4 is 22.4 Å². The molecule has 1 aromatic rings. The normalized spacial score (nSPS) is 16.4. The van der Waals surface area contributed by atoms with Crippen LogP contribution in [0.5, 0.6) is 0 Å². The van der Waals surface area contributed by atoms with E-state index in [-0.39, 0.29) is 23.3 Å². The minimum absolute atomic E-state index is 0. The minimum atomic E-state index is -3.63. The summed E-state index contributed by atoms with van der Waals surface area (Å²) in [4.78, 5) is 3.43. The molecule has 2 heterocycles. The second kappa shape index (κ2) is 5.26. The predicted octanol–water partition coefficient (Wildman–Crippen LogP) is 0.235. The first kappa shape index (κ1) is 14.3. The molecule has 1 fully saturated rings. The Balaban J connectivity index is 0.00000144. The SMILES string of the molecule is CN(C1CNC1)S(=O)(=O)c1cncc(F)c1.Cl. The Bertz CT molecular complexity index is 493. The summed E-state index contributed by atoms with van der Waals surface area (Å²) in [5, 5.41) is 2.98. The van der Waals surface area contributed by atoms with Crippen LogP contribution in [0.4, 0.5) is 4.39 Å². The Kier molecular flexibility index (Phi) is 4.42. The Morgan fingerprint density at radius 2 is 2.12 bits per heavy atom. The van der Waals surface area contributed by atoms with Gasteiger partial charge in [-0.15, -0.1) is 12.4 Å². The summed E-state index contributed by atoms with van der Waals surface area (Å²) in [6, 6.07) is 0.915. The van der Waals surface area contributed by atoms with Crippen LogP contribution in [0.15, 0.2) is 23.4 Å². The Morgan fingerprint density at radius 3 is 2.59 bits per heavy atom. The van der Waals surface area contributed by atoms with Crippen LogP contribution >= 0.6 is 12.4 Å². The molecular formula is C9H13ClFN3O2S. The summed E-state index contributed by atoms with van der Waals surface area (Å²) >= 11 is 0. The highest BCUT2D eigenvalue weighted by molar-refractivity contribution is 7.89. The first-order valence-corrected chi connectivity index (χ1v) is 6.25. The van der Waals surface area contributed by atoms with Gasteiger partial charge in [-0.05, 0) is 6.07 Å². The zero-order valence-electron chi connectivity index (χ0n) is 9.13. The Morgan fingerprint density at radius 1 is 1.47 bits per heavy atom. The topological polar surface area (TPSA) is 62.3 Å². The van der Waals surface area contributed by atoms with Gasteiger partial charge in [-0.25, -0.2) is 12.8 Å². The van der Waals surface area contributed by atoms with Crippen molar-refractivity contribution < 1.29 is 12.8 Å². The van der Waals surface area contributed by atoms with E-state index in [0.717, 1.165) is 18.5 Å². The van der Waals surface area contributed by atoms with E-state index in [1.165, 1.54) is 11.4 Å². The first-order chi connectivity index (χ1) is 7.51. The van der Waals surface area contributed by atoms with Crippen molar-refractivity contribution in [1.29, 1.82) is 0 Å². The maximum atomic E-state index is 12.9. The fourth-order valence-corrected chi connectivity index (χ4v) is 2.76. The summed E-state index contributed by atoms with van der Waals surface area (Å²) in [5.74, 6) is -0.652. The quantitative estimate of drug-likeness (QED) is 0.862. The second-order valence-electron chi connectivity index (χ2n) is 3.67. The van der Waals surface area contributed by atoms with Gasteiger partial charge in [-0.3, -0.25) is 4.98 Å². The van der Waals surface area contributed by atoms with Crippen molar-refractivity contribution in [1.82, 2.24) is 14.6 Å². The molecule has 5 nitrogen and oxygen atoms in total. The number of likely N-dealkylation sites (N-methyl/N-ethyl adjacent to an activating group) is 1. The summed E-state index contributed by atoms with van der Waals surface area (Å²) in [6.07, 6.45) is 2.13. The molecule has 0 radical (unpaired) electrons. The molecule has 1 aliphatic heterocycles. The molecule has 2 rings (SSSR count). The Hall–Kier alpha value is -0.760. The van der Waals surface area contributed by atoms with Crippen molar-refractivity contribution in [3.05, 3.63) is 24.3 Å². The summed E-state index contributed by atoms with van der Waals surface area (Å²) in [7, 11) is -2.14. The molecule has 0 aromatic carbocycles. The van der Waals surface area contributed by atoms with E-state index in [1.807, 2.05) is 0 Å². The summed E-state index contributed by atoms with van der Waals surface area (Å²) < 4.78 is 38.2. The number of aromatic nitrogens is 1. The van der Waals surface area contributed by atoms with Crippen LogP contribution in [0.3, 0.4) is 0 Å². The Labute approximate surface area is 105 Å². The number of pyridine rings is 1. The van der Waals surface area contributed by atoms with Gasteiger partial charge < -0.3 is 5.32 Å². The van der Waals surface area contributed by atoms with E-state index >= 15 is 0 Å². The molecule has 17 heavy (non-hydrogen) atoms. The van der Waals surface area contributed by atoms with Gasteiger partial charge >= 0.3 is 0 Å². The fraction of sp³-hybridized carbons (Fsp3) is 0.444. The third kappa shape index (κ3) is 2.74. The molecule has 0 bridgehead atoms. The maximum Gasteiger partial charge on any atom is 0.244 e. The van der Waals surface area contributed by atoms with E-state index in [1.54, 1.807) is 0 Å². The van der Waals surface area contributed by atoms with E-state index in [0.29, 0.717) is 13.1 Å². The van der Waals surface area contributed by atoms with E-state index in [9.17, 15) is 12.8 Å².